The molecule has 0 aliphatic heterocycles. The van der Waals surface area contributed by atoms with Crippen molar-refractivity contribution in [2.75, 3.05) is 5.32 Å². The fraction of sp³-hybridized carbons (Fsp3) is 0.412. The molecule has 4 nitrogen and oxygen atoms in total. The van der Waals surface area contributed by atoms with Crippen molar-refractivity contribution in [3.63, 3.8) is 0 Å². The smallest absolute Gasteiger partial charge is 0.230 e. The molecular formula is C17H19Cl2N3O. The van der Waals surface area contributed by atoms with E-state index in [-0.39, 0.29) is 12.3 Å². The maximum atomic E-state index is 12.3. The molecule has 122 valence electrons. The molecule has 6 heteroatoms. The molecule has 0 atom stereocenters. The average molecular weight is 352 g/mol. The normalized spacial score (nSPS) is 15.6. The summed E-state index contributed by atoms with van der Waals surface area (Å²) >= 11 is 12.3. The van der Waals surface area contributed by atoms with E-state index in [1.807, 2.05) is 10.7 Å². The van der Waals surface area contributed by atoms with Crippen LogP contribution in [0.5, 0.6) is 0 Å². The Balaban J connectivity index is 1.70. The van der Waals surface area contributed by atoms with Crippen molar-refractivity contribution >= 4 is 34.9 Å². The minimum atomic E-state index is -0.141. The van der Waals surface area contributed by atoms with Crippen LogP contribution in [0.3, 0.4) is 0 Å². The molecule has 3 rings (SSSR count). The van der Waals surface area contributed by atoms with E-state index in [1.165, 1.54) is 19.3 Å². The molecule has 23 heavy (non-hydrogen) atoms. The van der Waals surface area contributed by atoms with Crippen molar-refractivity contribution in [3.8, 4) is 0 Å². The Morgan fingerprint density at radius 2 is 1.87 bits per heavy atom. The van der Waals surface area contributed by atoms with E-state index >= 15 is 0 Å². The van der Waals surface area contributed by atoms with Gasteiger partial charge in [-0.05, 0) is 30.5 Å². The van der Waals surface area contributed by atoms with E-state index in [0.717, 1.165) is 18.7 Å². The van der Waals surface area contributed by atoms with E-state index in [0.29, 0.717) is 21.7 Å². The van der Waals surface area contributed by atoms with Gasteiger partial charge in [0.2, 0.25) is 5.91 Å². The molecule has 1 fully saturated rings. The SMILES string of the molecule is O=C(Cc1c(Cl)cccc1Cl)Nc1ccnn1C1CCCCC1. The van der Waals surface area contributed by atoms with Gasteiger partial charge in [0.25, 0.3) is 0 Å². The standard InChI is InChI=1S/C17H19Cl2N3O/c18-14-7-4-8-15(19)13(14)11-17(23)21-16-9-10-20-22(16)12-5-2-1-3-6-12/h4,7-10,12H,1-3,5-6,11H2,(H,21,23). The Morgan fingerprint density at radius 3 is 2.57 bits per heavy atom. The van der Waals surface area contributed by atoms with Crippen LogP contribution in [0.15, 0.2) is 30.5 Å². The van der Waals surface area contributed by atoms with Crippen LogP contribution in [-0.4, -0.2) is 15.7 Å². The van der Waals surface area contributed by atoms with Crippen molar-refractivity contribution in [1.29, 1.82) is 0 Å². The van der Waals surface area contributed by atoms with Crippen molar-refractivity contribution < 1.29 is 4.79 Å². The summed E-state index contributed by atoms with van der Waals surface area (Å²) in [5.74, 6) is 0.600. The summed E-state index contributed by atoms with van der Waals surface area (Å²) in [4.78, 5) is 12.3. The molecule has 0 spiro atoms. The molecule has 1 amide bonds. The largest absolute Gasteiger partial charge is 0.311 e. The van der Waals surface area contributed by atoms with Gasteiger partial charge < -0.3 is 5.32 Å². The van der Waals surface area contributed by atoms with Gasteiger partial charge in [-0.1, -0.05) is 48.5 Å². The van der Waals surface area contributed by atoms with Gasteiger partial charge in [0.15, 0.2) is 0 Å². The zero-order chi connectivity index (χ0) is 16.2. The van der Waals surface area contributed by atoms with E-state index in [4.69, 9.17) is 23.2 Å². The Kier molecular flexibility index (Phi) is 5.23. The molecular weight excluding hydrogens is 333 g/mol. The third-order valence-electron chi connectivity index (χ3n) is 4.26. The second-order valence-corrected chi connectivity index (χ2v) is 6.69. The quantitative estimate of drug-likeness (QED) is 0.853. The first kappa shape index (κ1) is 16.3. The second-order valence-electron chi connectivity index (χ2n) is 5.88. The van der Waals surface area contributed by atoms with Gasteiger partial charge in [-0.25, -0.2) is 4.68 Å². The number of nitrogens with one attached hydrogen (secondary N) is 1. The lowest BCUT2D eigenvalue weighted by Crippen LogP contribution is -2.21. The maximum absolute atomic E-state index is 12.3. The minimum Gasteiger partial charge on any atom is -0.311 e. The number of aromatic nitrogens is 2. The van der Waals surface area contributed by atoms with Crippen molar-refractivity contribution in [3.05, 3.63) is 46.1 Å². The van der Waals surface area contributed by atoms with Crippen molar-refractivity contribution in [2.45, 2.75) is 44.6 Å². The predicted octanol–water partition coefficient (Wildman–Crippen LogP) is 4.88. The van der Waals surface area contributed by atoms with Crippen LogP contribution in [0.1, 0.15) is 43.7 Å². The van der Waals surface area contributed by atoms with Crippen LogP contribution in [0.4, 0.5) is 5.82 Å². The lowest BCUT2D eigenvalue weighted by molar-refractivity contribution is -0.115. The molecule has 1 aromatic heterocycles. The van der Waals surface area contributed by atoms with E-state index in [1.54, 1.807) is 24.4 Å². The zero-order valence-electron chi connectivity index (χ0n) is 12.8. The average Bonchev–Trinajstić information content (AvgIpc) is 3.00. The Hall–Kier alpha value is -1.52. The van der Waals surface area contributed by atoms with Crippen LogP contribution in [-0.2, 0) is 11.2 Å². The fourth-order valence-corrected chi connectivity index (χ4v) is 3.61. The highest BCUT2D eigenvalue weighted by atomic mass is 35.5. The monoisotopic (exact) mass is 351 g/mol. The fourth-order valence-electron chi connectivity index (χ4n) is 3.08. The summed E-state index contributed by atoms with van der Waals surface area (Å²) in [6.45, 7) is 0. The molecule has 0 bridgehead atoms. The molecule has 0 saturated heterocycles. The summed E-state index contributed by atoms with van der Waals surface area (Å²) in [5.41, 5.74) is 0.650. The number of halogens is 2. The number of amides is 1. The van der Waals surface area contributed by atoms with Gasteiger partial charge in [0.05, 0.1) is 18.7 Å². The number of benzene rings is 1. The first-order valence-electron chi connectivity index (χ1n) is 7.91. The Morgan fingerprint density at radius 1 is 1.17 bits per heavy atom. The van der Waals surface area contributed by atoms with Crippen LogP contribution < -0.4 is 5.32 Å². The highest BCUT2D eigenvalue weighted by Crippen LogP contribution is 2.30. The lowest BCUT2D eigenvalue weighted by atomic mass is 9.96. The van der Waals surface area contributed by atoms with Gasteiger partial charge in [-0.2, -0.15) is 5.10 Å². The molecule has 0 unspecified atom stereocenters. The summed E-state index contributed by atoms with van der Waals surface area (Å²) < 4.78 is 1.94. The number of carbonyl (C=O) groups is 1. The number of nitrogens with zero attached hydrogens (tertiary/aromatic N) is 2. The van der Waals surface area contributed by atoms with Crippen LogP contribution in [0.25, 0.3) is 0 Å². The summed E-state index contributed by atoms with van der Waals surface area (Å²) in [6, 6.07) is 7.45. The third-order valence-corrected chi connectivity index (χ3v) is 4.97. The molecule has 2 aromatic rings. The van der Waals surface area contributed by atoms with Gasteiger partial charge >= 0.3 is 0 Å². The topological polar surface area (TPSA) is 46.9 Å². The number of hydrogen-bond acceptors (Lipinski definition) is 2. The van der Waals surface area contributed by atoms with Crippen molar-refractivity contribution in [1.82, 2.24) is 9.78 Å². The minimum absolute atomic E-state index is 0.141. The Labute approximate surface area is 145 Å². The number of hydrogen-bond donors (Lipinski definition) is 1. The Bertz CT molecular complexity index is 673. The lowest BCUT2D eigenvalue weighted by Gasteiger charge is -2.24. The summed E-state index contributed by atoms with van der Waals surface area (Å²) in [6.07, 6.45) is 7.81. The van der Waals surface area contributed by atoms with Crippen LogP contribution in [0, 0.1) is 0 Å². The molecule has 1 saturated carbocycles. The first-order chi connectivity index (χ1) is 11.1. The van der Waals surface area contributed by atoms with E-state index in [2.05, 4.69) is 10.4 Å². The zero-order valence-corrected chi connectivity index (χ0v) is 14.3. The first-order valence-corrected chi connectivity index (χ1v) is 8.67. The molecule has 1 aliphatic rings. The molecule has 1 heterocycles. The number of rotatable bonds is 4. The van der Waals surface area contributed by atoms with Gasteiger partial charge in [0.1, 0.15) is 5.82 Å². The van der Waals surface area contributed by atoms with Crippen LogP contribution in [0.2, 0.25) is 10.0 Å². The van der Waals surface area contributed by atoms with Crippen molar-refractivity contribution in [2.24, 2.45) is 0 Å². The van der Waals surface area contributed by atoms with E-state index < -0.39 is 0 Å². The third kappa shape index (κ3) is 3.88. The number of anilines is 1. The van der Waals surface area contributed by atoms with Gasteiger partial charge in [0, 0.05) is 16.1 Å². The second kappa shape index (κ2) is 7.37. The highest BCUT2D eigenvalue weighted by Gasteiger charge is 2.19. The maximum Gasteiger partial charge on any atom is 0.230 e. The summed E-state index contributed by atoms with van der Waals surface area (Å²) in [5, 5.41) is 8.34. The molecule has 1 N–H and O–H groups in total. The molecule has 1 aromatic carbocycles. The van der Waals surface area contributed by atoms with Gasteiger partial charge in [-0.15, -0.1) is 0 Å². The van der Waals surface area contributed by atoms with Gasteiger partial charge in [-0.3, -0.25) is 4.79 Å². The number of carbonyl (C=O) groups excluding carboxylic acids is 1. The molecule has 0 radical (unpaired) electrons. The molecule has 1 aliphatic carbocycles. The van der Waals surface area contributed by atoms with Crippen LogP contribution >= 0.6 is 23.2 Å². The summed E-state index contributed by atoms with van der Waals surface area (Å²) in [7, 11) is 0. The highest BCUT2D eigenvalue weighted by molar-refractivity contribution is 6.36. The van der Waals surface area contributed by atoms with E-state index in [9.17, 15) is 4.79 Å². The predicted molar refractivity (Wildman–Crippen MR) is 93.1 cm³/mol.